The Kier molecular flexibility index (Phi) is 6.61. The Morgan fingerprint density at radius 3 is 2.76 bits per heavy atom. The van der Waals surface area contributed by atoms with Crippen molar-refractivity contribution in [3.8, 4) is 0 Å². The number of carbonyl (C=O) groups is 3. The summed E-state index contributed by atoms with van der Waals surface area (Å²) >= 11 is 6.96. The average Bonchev–Trinajstić information content (AvgIpc) is 3.47. The van der Waals surface area contributed by atoms with Gasteiger partial charge in [0.15, 0.2) is 5.65 Å². The van der Waals surface area contributed by atoms with E-state index in [-0.39, 0.29) is 39.7 Å². The van der Waals surface area contributed by atoms with Crippen molar-refractivity contribution in [3.05, 3.63) is 75.3 Å². The molecular formula is C21H17ClFN5O4S. The molecule has 3 aromatic rings. The third kappa shape index (κ3) is 5.15. The molecule has 0 bridgehead atoms. The number of aromatic nitrogens is 3. The zero-order chi connectivity index (χ0) is 23.5. The second kappa shape index (κ2) is 9.59. The van der Waals surface area contributed by atoms with Crippen molar-refractivity contribution in [2.75, 3.05) is 6.54 Å². The van der Waals surface area contributed by atoms with Gasteiger partial charge in [0.1, 0.15) is 17.2 Å². The van der Waals surface area contributed by atoms with Crippen LogP contribution in [0.5, 0.6) is 0 Å². The maximum absolute atomic E-state index is 13.3. The summed E-state index contributed by atoms with van der Waals surface area (Å²) in [5, 5.41) is 18.4. The van der Waals surface area contributed by atoms with Crippen LogP contribution in [-0.2, 0) is 11.3 Å². The molecule has 3 N–H and O–H groups in total. The second-order valence-corrected chi connectivity index (χ2v) is 8.87. The summed E-state index contributed by atoms with van der Waals surface area (Å²) in [6, 6.07) is 7.00. The first-order chi connectivity index (χ1) is 15.8. The van der Waals surface area contributed by atoms with Crippen molar-refractivity contribution < 1.29 is 23.9 Å². The van der Waals surface area contributed by atoms with Crippen LogP contribution in [0.3, 0.4) is 0 Å². The molecule has 4 rings (SSSR count). The van der Waals surface area contributed by atoms with Crippen LogP contribution in [-0.4, -0.2) is 49.3 Å². The van der Waals surface area contributed by atoms with Crippen LogP contribution in [0.1, 0.15) is 33.0 Å². The predicted molar refractivity (Wildman–Crippen MR) is 120 cm³/mol. The number of allylic oxidation sites excluding steroid dienone is 1. The number of thioether (sulfide) groups is 1. The van der Waals surface area contributed by atoms with Gasteiger partial charge in [-0.05, 0) is 24.1 Å². The molecule has 0 saturated heterocycles. The number of aliphatic carboxylic acids is 1. The standard InChI is InChI=1S/C21H17ClFN5O4S/c22-13-7-11(1-3-14(13)23)9-24-19(29)15-8-16(28-18(27-15)5-6-26-28)20(30)25-10-12-2-4-17(33-12)21(31)32/h1,3-8,12H,2,9-10H2,(H,24,29)(H,25,30)(H,31,32). The summed E-state index contributed by atoms with van der Waals surface area (Å²) in [7, 11) is 0. The minimum Gasteiger partial charge on any atom is -0.477 e. The van der Waals surface area contributed by atoms with Crippen LogP contribution >= 0.6 is 23.4 Å². The molecule has 0 saturated carbocycles. The fourth-order valence-corrected chi connectivity index (χ4v) is 4.40. The Morgan fingerprint density at radius 2 is 2.03 bits per heavy atom. The number of hydrogen-bond donors (Lipinski definition) is 3. The average molecular weight is 490 g/mol. The fourth-order valence-electron chi connectivity index (χ4n) is 3.19. The van der Waals surface area contributed by atoms with Gasteiger partial charge in [0.05, 0.1) is 16.1 Å². The Bertz CT molecular complexity index is 1290. The molecule has 3 heterocycles. The molecular weight excluding hydrogens is 473 g/mol. The normalized spacial score (nSPS) is 15.3. The number of benzene rings is 1. The monoisotopic (exact) mass is 489 g/mol. The number of carbonyl (C=O) groups excluding carboxylic acids is 2. The predicted octanol–water partition coefficient (Wildman–Crippen LogP) is 2.66. The highest BCUT2D eigenvalue weighted by molar-refractivity contribution is 8.04. The number of carboxylic acid groups (broad SMARTS) is 1. The lowest BCUT2D eigenvalue weighted by Crippen LogP contribution is -2.32. The van der Waals surface area contributed by atoms with E-state index in [1.54, 1.807) is 12.1 Å². The number of nitrogens with zero attached hydrogens (tertiary/aromatic N) is 3. The maximum atomic E-state index is 13.3. The molecule has 2 aromatic heterocycles. The minimum absolute atomic E-state index is 0.00595. The zero-order valence-corrected chi connectivity index (χ0v) is 18.5. The lowest BCUT2D eigenvalue weighted by molar-refractivity contribution is -0.131. The van der Waals surface area contributed by atoms with Crippen LogP contribution in [0.25, 0.3) is 5.65 Å². The lowest BCUT2D eigenvalue weighted by atomic mass is 10.2. The molecule has 0 radical (unpaired) electrons. The maximum Gasteiger partial charge on any atom is 0.341 e. The SMILES string of the molecule is O=C(O)C1=CCC(CNC(=O)c2cc(C(=O)NCc3ccc(F)c(Cl)c3)nc3ccnn23)S1. The van der Waals surface area contributed by atoms with Gasteiger partial charge in [0, 0.05) is 30.5 Å². The first kappa shape index (κ1) is 22.7. The van der Waals surface area contributed by atoms with Crippen molar-refractivity contribution in [3.63, 3.8) is 0 Å². The number of hydrogen-bond acceptors (Lipinski definition) is 6. The first-order valence-corrected chi connectivity index (χ1v) is 11.0. The smallest absolute Gasteiger partial charge is 0.341 e. The van der Waals surface area contributed by atoms with Gasteiger partial charge in [-0.15, -0.1) is 11.8 Å². The van der Waals surface area contributed by atoms with E-state index in [9.17, 15) is 18.8 Å². The van der Waals surface area contributed by atoms with E-state index < -0.39 is 23.6 Å². The Balaban J connectivity index is 1.45. The number of rotatable bonds is 7. The van der Waals surface area contributed by atoms with E-state index in [1.165, 1.54) is 46.7 Å². The Labute approximate surface area is 196 Å². The molecule has 12 heteroatoms. The Morgan fingerprint density at radius 1 is 1.21 bits per heavy atom. The zero-order valence-electron chi connectivity index (χ0n) is 16.9. The summed E-state index contributed by atoms with van der Waals surface area (Å²) in [4.78, 5) is 41.0. The van der Waals surface area contributed by atoms with Gasteiger partial charge in [-0.3, -0.25) is 9.59 Å². The number of fused-ring (bicyclic) bond motifs is 1. The molecule has 1 aliphatic heterocycles. The van der Waals surface area contributed by atoms with Gasteiger partial charge in [-0.1, -0.05) is 23.7 Å². The van der Waals surface area contributed by atoms with Crippen molar-refractivity contribution >= 4 is 46.8 Å². The molecule has 170 valence electrons. The van der Waals surface area contributed by atoms with E-state index in [2.05, 4.69) is 20.7 Å². The molecule has 2 amide bonds. The molecule has 33 heavy (non-hydrogen) atoms. The highest BCUT2D eigenvalue weighted by Gasteiger charge is 2.24. The van der Waals surface area contributed by atoms with Gasteiger partial charge in [0.25, 0.3) is 11.8 Å². The van der Waals surface area contributed by atoms with Gasteiger partial charge in [0.2, 0.25) is 0 Å². The molecule has 1 atom stereocenters. The lowest BCUT2D eigenvalue weighted by Gasteiger charge is -2.12. The van der Waals surface area contributed by atoms with Gasteiger partial charge in [-0.25, -0.2) is 18.7 Å². The van der Waals surface area contributed by atoms with E-state index in [4.69, 9.17) is 16.7 Å². The molecule has 0 aliphatic carbocycles. The summed E-state index contributed by atoms with van der Waals surface area (Å²) in [5.41, 5.74) is 1.02. The highest BCUT2D eigenvalue weighted by atomic mass is 35.5. The third-order valence-electron chi connectivity index (χ3n) is 4.82. The van der Waals surface area contributed by atoms with Crippen LogP contribution in [0, 0.1) is 5.82 Å². The van der Waals surface area contributed by atoms with Crippen molar-refractivity contribution in [1.82, 2.24) is 25.2 Å². The van der Waals surface area contributed by atoms with Crippen molar-refractivity contribution in [1.29, 1.82) is 0 Å². The van der Waals surface area contributed by atoms with E-state index in [0.717, 1.165) is 0 Å². The van der Waals surface area contributed by atoms with E-state index in [0.29, 0.717) is 17.6 Å². The quantitative estimate of drug-likeness (QED) is 0.465. The molecule has 1 unspecified atom stereocenters. The topological polar surface area (TPSA) is 126 Å². The fraction of sp³-hybridized carbons (Fsp3) is 0.190. The van der Waals surface area contributed by atoms with Crippen LogP contribution in [0.15, 0.2) is 47.5 Å². The number of nitrogens with one attached hydrogen (secondary N) is 2. The molecule has 1 aliphatic rings. The van der Waals surface area contributed by atoms with Crippen LogP contribution in [0.2, 0.25) is 5.02 Å². The van der Waals surface area contributed by atoms with Gasteiger partial charge < -0.3 is 15.7 Å². The van der Waals surface area contributed by atoms with Crippen molar-refractivity contribution in [2.45, 2.75) is 18.2 Å². The Hall–Kier alpha value is -3.44. The number of halogens is 2. The van der Waals surface area contributed by atoms with Crippen LogP contribution in [0.4, 0.5) is 4.39 Å². The molecule has 9 nitrogen and oxygen atoms in total. The van der Waals surface area contributed by atoms with Gasteiger partial charge >= 0.3 is 5.97 Å². The van der Waals surface area contributed by atoms with Crippen molar-refractivity contribution in [2.24, 2.45) is 0 Å². The number of carboxylic acids is 1. The molecule has 0 spiro atoms. The first-order valence-electron chi connectivity index (χ1n) is 9.77. The van der Waals surface area contributed by atoms with Crippen LogP contribution < -0.4 is 10.6 Å². The third-order valence-corrected chi connectivity index (χ3v) is 6.40. The molecule has 0 fully saturated rings. The summed E-state index contributed by atoms with van der Waals surface area (Å²) in [6.45, 7) is 0.332. The largest absolute Gasteiger partial charge is 0.477 e. The molecule has 1 aromatic carbocycles. The highest BCUT2D eigenvalue weighted by Crippen LogP contribution is 2.31. The summed E-state index contributed by atoms with van der Waals surface area (Å²) < 4.78 is 14.6. The minimum atomic E-state index is -0.986. The summed E-state index contributed by atoms with van der Waals surface area (Å²) in [6.07, 6.45) is 3.61. The van der Waals surface area contributed by atoms with Gasteiger partial charge in [-0.2, -0.15) is 5.10 Å². The number of amides is 2. The second-order valence-electron chi connectivity index (χ2n) is 7.12. The van der Waals surface area contributed by atoms with E-state index >= 15 is 0 Å². The summed E-state index contributed by atoms with van der Waals surface area (Å²) in [5.74, 6) is -2.55. The van der Waals surface area contributed by atoms with E-state index in [1.807, 2.05) is 0 Å².